The Hall–Kier alpha value is -2.13. The number of ether oxygens (including phenoxy) is 2. The largest absolute Gasteiger partial charge is 0.456 e. The number of cyclic esters (lactones) is 1. The fraction of sp³-hybridized carbons (Fsp3) is 0.375. The predicted molar refractivity (Wildman–Crippen MR) is 93.6 cm³/mol. The van der Waals surface area contributed by atoms with Gasteiger partial charge in [-0.2, -0.15) is 0 Å². The Balaban J connectivity index is 1.33. The van der Waals surface area contributed by atoms with Gasteiger partial charge in [-0.15, -0.1) is 11.3 Å². The van der Waals surface area contributed by atoms with Crippen LogP contribution in [0.4, 0.5) is 4.79 Å². The number of rotatable bonds is 7. The van der Waals surface area contributed by atoms with Gasteiger partial charge in [0, 0.05) is 12.2 Å². The quantitative estimate of drug-likeness (QED) is 0.415. The molecule has 1 aliphatic rings. The Kier molecular flexibility index (Phi) is 5.87. The zero-order valence-electron chi connectivity index (χ0n) is 13.3. The fourth-order valence-electron chi connectivity index (χ4n) is 2.20. The van der Waals surface area contributed by atoms with Crippen LogP contribution in [-0.4, -0.2) is 53.4 Å². The first-order valence-electron chi connectivity index (χ1n) is 7.74. The number of aromatic nitrogens is 1. The number of amides is 2. The van der Waals surface area contributed by atoms with Crippen molar-refractivity contribution in [1.29, 1.82) is 0 Å². The monoisotopic (exact) mass is 380 g/mol. The highest BCUT2D eigenvalue weighted by molar-refractivity contribution is 8.01. The summed E-state index contributed by atoms with van der Waals surface area (Å²) in [4.78, 5) is 40.0. The highest BCUT2D eigenvalue weighted by atomic mass is 32.2. The standard InChI is InChI=1S/C16H16N2O5S2/c19-13(18-7-8-22-16(18)21)10-23-14(20)6-3-9-24-15-17-11-4-1-2-5-12(11)25-15/h1-2,4-5H,3,6-10H2. The highest BCUT2D eigenvalue weighted by Gasteiger charge is 2.28. The van der Waals surface area contributed by atoms with Crippen molar-refractivity contribution in [1.82, 2.24) is 9.88 Å². The SMILES string of the molecule is O=C(CCCSc1nc2ccccc2s1)OCC(=O)N1CCOC1=O. The molecule has 0 spiro atoms. The van der Waals surface area contributed by atoms with E-state index in [1.807, 2.05) is 24.3 Å². The summed E-state index contributed by atoms with van der Waals surface area (Å²) in [6.45, 7) is -0.0471. The van der Waals surface area contributed by atoms with Crippen molar-refractivity contribution < 1.29 is 23.9 Å². The zero-order valence-corrected chi connectivity index (χ0v) is 14.9. The van der Waals surface area contributed by atoms with E-state index in [9.17, 15) is 14.4 Å². The van der Waals surface area contributed by atoms with Crippen molar-refractivity contribution in [2.75, 3.05) is 25.5 Å². The van der Waals surface area contributed by atoms with Gasteiger partial charge < -0.3 is 9.47 Å². The van der Waals surface area contributed by atoms with Crippen molar-refractivity contribution in [3.05, 3.63) is 24.3 Å². The van der Waals surface area contributed by atoms with Gasteiger partial charge in [0.2, 0.25) is 0 Å². The second-order valence-corrected chi connectivity index (χ2v) is 7.59. The molecule has 1 aromatic heterocycles. The normalized spacial score (nSPS) is 13.9. The maximum absolute atomic E-state index is 11.7. The summed E-state index contributed by atoms with van der Waals surface area (Å²) >= 11 is 3.22. The number of hydrogen-bond donors (Lipinski definition) is 0. The summed E-state index contributed by atoms with van der Waals surface area (Å²) in [5.41, 5.74) is 0.980. The van der Waals surface area contributed by atoms with Crippen LogP contribution in [0.3, 0.4) is 0 Å². The maximum atomic E-state index is 11.7. The summed E-state index contributed by atoms with van der Waals surface area (Å²) in [6.07, 6.45) is 0.155. The number of carbonyl (C=O) groups excluding carboxylic acids is 3. The van der Waals surface area contributed by atoms with Gasteiger partial charge in [-0.05, 0) is 18.6 Å². The van der Waals surface area contributed by atoms with Crippen LogP contribution >= 0.6 is 23.1 Å². The summed E-state index contributed by atoms with van der Waals surface area (Å²) in [5, 5.41) is 0. The average molecular weight is 380 g/mol. The molecule has 3 rings (SSSR count). The molecule has 0 aliphatic carbocycles. The number of benzene rings is 1. The number of nitrogens with zero attached hydrogens (tertiary/aromatic N) is 2. The summed E-state index contributed by atoms with van der Waals surface area (Å²) < 4.78 is 11.7. The van der Waals surface area contributed by atoms with E-state index in [0.717, 1.165) is 25.2 Å². The van der Waals surface area contributed by atoms with Crippen LogP contribution in [-0.2, 0) is 19.1 Å². The van der Waals surface area contributed by atoms with E-state index in [2.05, 4.69) is 9.72 Å². The van der Waals surface area contributed by atoms with Crippen LogP contribution < -0.4 is 0 Å². The molecule has 7 nitrogen and oxygen atoms in total. The molecular formula is C16H16N2O5S2. The third-order valence-electron chi connectivity index (χ3n) is 3.44. The van der Waals surface area contributed by atoms with Gasteiger partial charge in [-0.3, -0.25) is 9.59 Å². The molecule has 2 heterocycles. The van der Waals surface area contributed by atoms with Crippen LogP contribution in [0.5, 0.6) is 0 Å². The van der Waals surface area contributed by atoms with E-state index in [1.165, 1.54) is 0 Å². The smallest absolute Gasteiger partial charge is 0.416 e. The van der Waals surface area contributed by atoms with E-state index in [1.54, 1.807) is 23.1 Å². The summed E-state index contributed by atoms with van der Waals surface area (Å²) in [7, 11) is 0. The van der Waals surface area contributed by atoms with Crippen LogP contribution in [0.1, 0.15) is 12.8 Å². The van der Waals surface area contributed by atoms with Gasteiger partial charge in [0.05, 0.1) is 16.8 Å². The molecule has 25 heavy (non-hydrogen) atoms. The van der Waals surface area contributed by atoms with Crippen molar-refractivity contribution in [2.45, 2.75) is 17.2 Å². The minimum atomic E-state index is -0.687. The summed E-state index contributed by atoms with van der Waals surface area (Å²) in [5.74, 6) is -0.271. The second kappa shape index (κ2) is 8.30. The van der Waals surface area contributed by atoms with Gasteiger partial charge in [0.1, 0.15) is 6.61 Å². The van der Waals surface area contributed by atoms with Gasteiger partial charge in [0.25, 0.3) is 5.91 Å². The van der Waals surface area contributed by atoms with E-state index < -0.39 is 24.6 Å². The van der Waals surface area contributed by atoms with Gasteiger partial charge in [-0.1, -0.05) is 23.9 Å². The van der Waals surface area contributed by atoms with Gasteiger partial charge in [-0.25, -0.2) is 14.7 Å². The van der Waals surface area contributed by atoms with E-state index in [4.69, 9.17) is 4.74 Å². The van der Waals surface area contributed by atoms with Crippen molar-refractivity contribution in [2.24, 2.45) is 0 Å². The third kappa shape index (κ3) is 4.70. The molecule has 2 aromatic rings. The number of imide groups is 1. The lowest BCUT2D eigenvalue weighted by Crippen LogP contribution is -2.35. The highest BCUT2D eigenvalue weighted by Crippen LogP contribution is 2.29. The molecule has 0 atom stereocenters. The maximum Gasteiger partial charge on any atom is 0.416 e. The molecule has 1 saturated heterocycles. The Morgan fingerprint density at radius 3 is 2.96 bits per heavy atom. The molecule has 0 saturated carbocycles. The Morgan fingerprint density at radius 1 is 1.36 bits per heavy atom. The van der Waals surface area contributed by atoms with Gasteiger partial charge in [0.15, 0.2) is 10.9 Å². The van der Waals surface area contributed by atoms with Crippen molar-refractivity contribution in [3.8, 4) is 0 Å². The lowest BCUT2D eigenvalue weighted by molar-refractivity contribution is -0.150. The van der Waals surface area contributed by atoms with E-state index in [0.29, 0.717) is 6.42 Å². The number of thioether (sulfide) groups is 1. The van der Waals surface area contributed by atoms with Gasteiger partial charge >= 0.3 is 12.1 Å². The Morgan fingerprint density at radius 2 is 2.20 bits per heavy atom. The first-order valence-corrected chi connectivity index (χ1v) is 9.55. The molecule has 9 heteroatoms. The third-order valence-corrected chi connectivity index (χ3v) is 5.71. The molecule has 132 valence electrons. The van der Waals surface area contributed by atoms with Crippen LogP contribution in [0.2, 0.25) is 0 Å². The molecular weight excluding hydrogens is 364 g/mol. The molecule has 1 fully saturated rings. The lowest BCUT2D eigenvalue weighted by Gasteiger charge is -2.10. The van der Waals surface area contributed by atoms with Crippen molar-refractivity contribution >= 4 is 51.3 Å². The van der Waals surface area contributed by atoms with Crippen LogP contribution in [0.15, 0.2) is 28.6 Å². The molecule has 1 aliphatic heterocycles. The Labute approximate surface area is 152 Å². The average Bonchev–Trinajstić information content (AvgIpc) is 3.22. The molecule has 1 aromatic carbocycles. The van der Waals surface area contributed by atoms with Crippen molar-refractivity contribution in [3.63, 3.8) is 0 Å². The number of thiazole rings is 1. The zero-order chi connectivity index (χ0) is 17.6. The fourth-order valence-corrected chi connectivity index (χ4v) is 4.28. The topological polar surface area (TPSA) is 85.8 Å². The Bertz CT molecular complexity index is 759. The molecule has 0 N–H and O–H groups in total. The molecule has 2 amide bonds. The molecule has 0 unspecified atom stereocenters. The first kappa shape index (κ1) is 17.7. The number of fused-ring (bicyclic) bond motifs is 1. The number of carbonyl (C=O) groups is 3. The predicted octanol–water partition coefficient (Wildman–Crippen LogP) is 2.69. The number of esters is 1. The number of hydrogen-bond acceptors (Lipinski definition) is 8. The van der Waals surface area contributed by atoms with Crippen LogP contribution in [0, 0.1) is 0 Å². The first-order chi connectivity index (χ1) is 12.1. The summed E-state index contributed by atoms with van der Waals surface area (Å²) in [6, 6.07) is 7.94. The van der Waals surface area contributed by atoms with E-state index in [-0.39, 0.29) is 19.6 Å². The molecule has 0 bridgehead atoms. The van der Waals surface area contributed by atoms with Crippen LogP contribution in [0.25, 0.3) is 10.2 Å². The lowest BCUT2D eigenvalue weighted by atomic mass is 10.3. The second-order valence-electron chi connectivity index (χ2n) is 5.22. The minimum Gasteiger partial charge on any atom is -0.456 e. The number of para-hydroxylation sites is 1. The molecule has 0 radical (unpaired) electrons. The van der Waals surface area contributed by atoms with E-state index >= 15 is 0 Å². The minimum absolute atomic E-state index is 0.182.